The second-order valence-corrected chi connectivity index (χ2v) is 5.01. The lowest BCUT2D eigenvalue weighted by Gasteiger charge is -2.16. The highest BCUT2D eigenvalue weighted by molar-refractivity contribution is 9.10. The minimum Gasteiger partial charge on any atom is -0.260 e. The van der Waals surface area contributed by atoms with Gasteiger partial charge in [-0.3, -0.25) is 4.68 Å². The van der Waals surface area contributed by atoms with E-state index in [1.165, 1.54) is 0 Å². The average molecular weight is 304 g/mol. The number of halogens is 1. The maximum absolute atomic E-state index is 9.02. The van der Waals surface area contributed by atoms with E-state index in [1.54, 1.807) is 0 Å². The van der Waals surface area contributed by atoms with E-state index in [0.29, 0.717) is 6.42 Å². The molecule has 0 aliphatic carbocycles. The molecule has 0 amide bonds. The number of rotatable bonds is 3. The maximum atomic E-state index is 9.02. The maximum Gasteiger partial charge on any atom is 0.0901 e. The van der Waals surface area contributed by atoms with Crippen LogP contribution >= 0.6 is 15.9 Å². The predicted molar refractivity (Wildman–Crippen MR) is 74.2 cm³/mol. The average Bonchev–Trinajstić information content (AvgIpc) is 2.65. The van der Waals surface area contributed by atoms with Crippen LogP contribution in [0.4, 0.5) is 0 Å². The van der Waals surface area contributed by atoms with Crippen molar-refractivity contribution in [3.05, 3.63) is 51.8 Å². The van der Waals surface area contributed by atoms with Crippen LogP contribution in [-0.2, 0) is 0 Å². The van der Waals surface area contributed by atoms with E-state index in [1.807, 2.05) is 48.9 Å². The molecule has 0 saturated carbocycles. The molecule has 92 valence electrons. The van der Waals surface area contributed by atoms with Crippen LogP contribution in [0.1, 0.15) is 29.4 Å². The van der Waals surface area contributed by atoms with E-state index < -0.39 is 0 Å². The van der Waals surface area contributed by atoms with Crippen molar-refractivity contribution in [1.82, 2.24) is 9.78 Å². The number of aryl methyl sites for hydroxylation is 1. The molecule has 18 heavy (non-hydrogen) atoms. The van der Waals surface area contributed by atoms with Gasteiger partial charge < -0.3 is 0 Å². The smallest absolute Gasteiger partial charge is 0.0901 e. The van der Waals surface area contributed by atoms with Crippen molar-refractivity contribution in [2.24, 2.45) is 0 Å². The third kappa shape index (κ3) is 2.32. The molecule has 0 saturated heterocycles. The van der Waals surface area contributed by atoms with Crippen LogP contribution in [-0.4, -0.2) is 9.78 Å². The van der Waals surface area contributed by atoms with Crippen LogP contribution in [0.25, 0.3) is 0 Å². The van der Waals surface area contributed by atoms with Crippen LogP contribution in [0.5, 0.6) is 0 Å². The lowest BCUT2D eigenvalue weighted by molar-refractivity contribution is 0.516. The lowest BCUT2D eigenvalue weighted by Crippen LogP contribution is -2.13. The second kappa shape index (κ2) is 5.36. The molecule has 1 heterocycles. The Labute approximate surface area is 115 Å². The Balaban J connectivity index is 2.49. The summed E-state index contributed by atoms with van der Waals surface area (Å²) in [4.78, 5) is 0. The second-order valence-electron chi connectivity index (χ2n) is 4.22. The summed E-state index contributed by atoms with van der Waals surface area (Å²) in [5, 5.41) is 13.5. The zero-order valence-electron chi connectivity index (χ0n) is 10.4. The molecule has 3 nitrogen and oxygen atoms in total. The molecule has 1 atom stereocenters. The summed E-state index contributed by atoms with van der Waals surface area (Å²) < 4.78 is 2.94. The monoisotopic (exact) mass is 303 g/mol. The SMILES string of the molecule is Cc1nn(C(CC#N)c2ccccc2)c(C)c1Br. The summed E-state index contributed by atoms with van der Waals surface area (Å²) in [6.07, 6.45) is 0.415. The summed E-state index contributed by atoms with van der Waals surface area (Å²) in [6, 6.07) is 12.2. The van der Waals surface area contributed by atoms with Gasteiger partial charge in [-0.1, -0.05) is 30.3 Å². The minimum atomic E-state index is -0.0267. The van der Waals surface area contributed by atoms with Gasteiger partial charge in [-0.15, -0.1) is 0 Å². The van der Waals surface area contributed by atoms with Crippen LogP contribution in [0.2, 0.25) is 0 Å². The van der Waals surface area contributed by atoms with E-state index in [9.17, 15) is 0 Å². The Bertz CT molecular complexity index is 581. The van der Waals surface area contributed by atoms with Crippen molar-refractivity contribution >= 4 is 15.9 Å². The Kier molecular flexibility index (Phi) is 3.83. The first kappa shape index (κ1) is 12.8. The van der Waals surface area contributed by atoms with Gasteiger partial charge in [0, 0.05) is 0 Å². The van der Waals surface area contributed by atoms with Crippen molar-refractivity contribution < 1.29 is 0 Å². The van der Waals surface area contributed by atoms with E-state index >= 15 is 0 Å². The van der Waals surface area contributed by atoms with Crippen molar-refractivity contribution in [3.8, 4) is 6.07 Å². The Morgan fingerprint density at radius 2 is 2.00 bits per heavy atom. The number of nitriles is 1. The highest BCUT2D eigenvalue weighted by Gasteiger charge is 2.19. The zero-order chi connectivity index (χ0) is 13.1. The van der Waals surface area contributed by atoms with Gasteiger partial charge in [0.15, 0.2) is 0 Å². The molecule has 0 N–H and O–H groups in total. The minimum absolute atomic E-state index is 0.0267. The highest BCUT2D eigenvalue weighted by atomic mass is 79.9. The molecular formula is C14H14BrN3. The molecule has 0 bridgehead atoms. The molecule has 2 aromatic rings. The van der Waals surface area contributed by atoms with Gasteiger partial charge >= 0.3 is 0 Å². The summed E-state index contributed by atoms with van der Waals surface area (Å²) in [6.45, 7) is 3.97. The fraction of sp³-hybridized carbons (Fsp3) is 0.286. The van der Waals surface area contributed by atoms with E-state index in [2.05, 4.69) is 27.1 Å². The third-order valence-electron chi connectivity index (χ3n) is 3.00. The molecule has 0 fully saturated rings. The fourth-order valence-corrected chi connectivity index (χ4v) is 2.31. The summed E-state index contributed by atoms with van der Waals surface area (Å²) in [5.74, 6) is 0. The van der Waals surface area contributed by atoms with Gasteiger partial charge in [-0.05, 0) is 35.3 Å². The Morgan fingerprint density at radius 3 is 2.50 bits per heavy atom. The number of nitrogens with zero attached hydrogens (tertiary/aromatic N) is 3. The molecule has 0 aliphatic rings. The molecular weight excluding hydrogens is 290 g/mol. The lowest BCUT2D eigenvalue weighted by atomic mass is 10.0. The number of aromatic nitrogens is 2. The first-order chi connectivity index (χ1) is 8.65. The Hall–Kier alpha value is -1.60. The molecule has 0 radical (unpaired) electrons. The molecule has 1 aromatic carbocycles. The van der Waals surface area contributed by atoms with E-state index in [4.69, 9.17) is 5.26 Å². The topological polar surface area (TPSA) is 41.6 Å². The molecule has 1 aromatic heterocycles. The molecule has 4 heteroatoms. The van der Waals surface area contributed by atoms with Crippen LogP contribution in [0.15, 0.2) is 34.8 Å². The molecule has 1 unspecified atom stereocenters. The number of hydrogen-bond acceptors (Lipinski definition) is 2. The van der Waals surface area contributed by atoms with Gasteiger partial charge in [-0.2, -0.15) is 10.4 Å². The first-order valence-electron chi connectivity index (χ1n) is 5.78. The third-order valence-corrected chi connectivity index (χ3v) is 4.15. The van der Waals surface area contributed by atoms with Gasteiger partial charge in [-0.25, -0.2) is 0 Å². The largest absolute Gasteiger partial charge is 0.260 e. The van der Waals surface area contributed by atoms with Gasteiger partial charge in [0.25, 0.3) is 0 Å². The van der Waals surface area contributed by atoms with E-state index in [0.717, 1.165) is 21.4 Å². The van der Waals surface area contributed by atoms with Gasteiger partial charge in [0.05, 0.1) is 34.4 Å². The van der Waals surface area contributed by atoms with Gasteiger partial charge in [0.2, 0.25) is 0 Å². The van der Waals surface area contributed by atoms with Crippen molar-refractivity contribution in [1.29, 1.82) is 5.26 Å². The van der Waals surface area contributed by atoms with Crippen molar-refractivity contribution in [3.63, 3.8) is 0 Å². The number of benzene rings is 1. The van der Waals surface area contributed by atoms with Crippen LogP contribution < -0.4 is 0 Å². The summed E-state index contributed by atoms with van der Waals surface area (Å²) in [5.41, 5.74) is 3.11. The molecule has 0 spiro atoms. The summed E-state index contributed by atoms with van der Waals surface area (Å²) in [7, 11) is 0. The standard InChI is InChI=1S/C14H14BrN3/c1-10-14(15)11(2)18(17-10)13(8-9-16)12-6-4-3-5-7-12/h3-7,13H,8H2,1-2H3. The molecule has 0 aliphatic heterocycles. The zero-order valence-corrected chi connectivity index (χ0v) is 12.0. The van der Waals surface area contributed by atoms with Crippen LogP contribution in [0.3, 0.4) is 0 Å². The summed E-state index contributed by atoms with van der Waals surface area (Å²) >= 11 is 3.53. The first-order valence-corrected chi connectivity index (χ1v) is 6.57. The number of hydrogen-bond donors (Lipinski definition) is 0. The molecule has 2 rings (SSSR count). The Morgan fingerprint density at radius 1 is 1.33 bits per heavy atom. The van der Waals surface area contributed by atoms with Crippen LogP contribution in [0, 0.1) is 25.2 Å². The normalized spacial score (nSPS) is 12.1. The fourth-order valence-electron chi connectivity index (χ4n) is 2.05. The van der Waals surface area contributed by atoms with Crippen molar-refractivity contribution in [2.75, 3.05) is 0 Å². The quantitative estimate of drug-likeness (QED) is 0.866. The highest BCUT2D eigenvalue weighted by Crippen LogP contribution is 2.28. The van der Waals surface area contributed by atoms with Crippen molar-refractivity contribution in [2.45, 2.75) is 26.3 Å². The van der Waals surface area contributed by atoms with E-state index in [-0.39, 0.29) is 6.04 Å². The van der Waals surface area contributed by atoms with Gasteiger partial charge in [0.1, 0.15) is 0 Å². The predicted octanol–water partition coefficient (Wildman–Crippen LogP) is 3.77.